The lowest BCUT2D eigenvalue weighted by Crippen LogP contribution is -2.45. The van der Waals surface area contributed by atoms with Crippen molar-refractivity contribution in [1.29, 1.82) is 0 Å². The maximum Gasteiger partial charge on any atom is 0.410 e. The number of alkyl carbamates (subject to hydrolysis) is 1. The molecule has 0 aromatic rings. The van der Waals surface area contributed by atoms with Crippen molar-refractivity contribution < 1.29 is 28.9 Å². The summed E-state index contributed by atoms with van der Waals surface area (Å²) in [5.74, 6) is -1.51. The van der Waals surface area contributed by atoms with E-state index < -0.39 is 24.0 Å². The molecule has 1 aliphatic carbocycles. The molecule has 1 amide bonds. The van der Waals surface area contributed by atoms with Gasteiger partial charge in [0, 0.05) is 12.0 Å². The summed E-state index contributed by atoms with van der Waals surface area (Å²) in [7, 11) is 0. The van der Waals surface area contributed by atoms with Gasteiger partial charge in [0.15, 0.2) is 0 Å². The number of amides is 1. The molecule has 2 fully saturated rings. The fraction of sp³-hybridized carbons (Fsp3) is 0.714. The molecule has 7 nitrogen and oxygen atoms in total. The summed E-state index contributed by atoms with van der Waals surface area (Å²) >= 11 is 0. The number of hydrogen-bond acceptors (Lipinski definition) is 5. The monoisotopic (exact) mass is 297 g/mol. The van der Waals surface area contributed by atoms with E-state index in [-0.39, 0.29) is 29.6 Å². The number of carbonyl (C=O) groups is 2. The largest absolute Gasteiger partial charge is 0.478 e. The SMILES string of the molecule is CC(C)NC(=O)O[C@@H]1OC=C(C(=O)O)[C@H]2C[C@@H]3O[C@]3(C)[C@H]12. The van der Waals surface area contributed by atoms with Gasteiger partial charge in [0.25, 0.3) is 6.29 Å². The first-order chi connectivity index (χ1) is 9.83. The molecule has 0 bridgehead atoms. The summed E-state index contributed by atoms with van der Waals surface area (Å²) in [6, 6.07) is -0.0499. The van der Waals surface area contributed by atoms with Crippen LogP contribution in [0.1, 0.15) is 27.2 Å². The van der Waals surface area contributed by atoms with Gasteiger partial charge < -0.3 is 24.6 Å². The molecule has 1 saturated heterocycles. The highest BCUT2D eigenvalue weighted by Gasteiger charge is 2.70. The Morgan fingerprint density at radius 1 is 1.52 bits per heavy atom. The van der Waals surface area contributed by atoms with Crippen LogP contribution >= 0.6 is 0 Å². The number of carbonyl (C=O) groups excluding carboxylic acids is 1. The van der Waals surface area contributed by atoms with E-state index in [0.29, 0.717) is 6.42 Å². The zero-order chi connectivity index (χ0) is 15.4. The second kappa shape index (κ2) is 4.62. The molecule has 0 radical (unpaired) electrons. The minimum absolute atomic E-state index is 0.0104. The lowest BCUT2D eigenvalue weighted by Gasteiger charge is -2.35. The fourth-order valence-electron chi connectivity index (χ4n) is 3.40. The molecule has 2 aliphatic heterocycles. The Hall–Kier alpha value is -1.76. The van der Waals surface area contributed by atoms with E-state index in [0.717, 1.165) is 0 Å². The van der Waals surface area contributed by atoms with Gasteiger partial charge in [-0.15, -0.1) is 0 Å². The molecule has 3 aliphatic rings. The zero-order valence-corrected chi connectivity index (χ0v) is 12.2. The van der Waals surface area contributed by atoms with Crippen molar-refractivity contribution in [3.05, 3.63) is 11.8 Å². The van der Waals surface area contributed by atoms with Crippen LogP contribution in [0.2, 0.25) is 0 Å². The first-order valence-corrected chi connectivity index (χ1v) is 7.06. The molecular formula is C14H19NO6. The van der Waals surface area contributed by atoms with Gasteiger partial charge in [0.2, 0.25) is 0 Å². The minimum atomic E-state index is -1.00. The van der Waals surface area contributed by atoms with Gasteiger partial charge in [-0.3, -0.25) is 0 Å². The van der Waals surface area contributed by atoms with Crippen molar-refractivity contribution in [3.8, 4) is 0 Å². The van der Waals surface area contributed by atoms with Crippen LogP contribution in [-0.4, -0.2) is 41.2 Å². The number of rotatable bonds is 3. The molecule has 0 spiro atoms. The van der Waals surface area contributed by atoms with E-state index in [1.54, 1.807) is 0 Å². The highest BCUT2D eigenvalue weighted by Crippen LogP contribution is 2.60. The third kappa shape index (κ3) is 2.25. The lowest BCUT2D eigenvalue weighted by molar-refractivity contribution is -0.148. The average Bonchev–Trinajstić information content (AvgIpc) is 2.90. The van der Waals surface area contributed by atoms with Gasteiger partial charge in [-0.05, 0) is 27.2 Å². The Balaban J connectivity index is 1.79. The van der Waals surface area contributed by atoms with Crippen molar-refractivity contribution in [2.75, 3.05) is 0 Å². The van der Waals surface area contributed by atoms with Crippen LogP contribution in [0, 0.1) is 11.8 Å². The third-order valence-corrected chi connectivity index (χ3v) is 4.44. The van der Waals surface area contributed by atoms with Gasteiger partial charge in [0.1, 0.15) is 5.60 Å². The molecule has 3 rings (SSSR count). The number of epoxide rings is 1. The van der Waals surface area contributed by atoms with Crippen LogP contribution in [0.25, 0.3) is 0 Å². The fourth-order valence-corrected chi connectivity index (χ4v) is 3.40. The van der Waals surface area contributed by atoms with Crippen molar-refractivity contribution in [1.82, 2.24) is 5.32 Å². The Labute approximate surface area is 122 Å². The Morgan fingerprint density at radius 3 is 2.86 bits per heavy atom. The van der Waals surface area contributed by atoms with E-state index in [4.69, 9.17) is 14.2 Å². The molecule has 5 atom stereocenters. The number of nitrogens with one attached hydrogen (secondary N) is 1. The van der Waals surface area contributed by atoms with E-state index in [9.17, 15) is 14.7 Å². The topological polar surface area (TPSA) is 97.4 Å². The standard InChI is InChI=1S/C14H19NO6/c1-6(2)15-13(18)20-12-10-7(4-9-14(10,3)21-9)8(5-19-12)11(16)17/h5-7,9-10,12H,4H2,1-3H3,(H,15,18)(H,16,17)/t7-,9+,10+,12+,14+/m1/s1. The summed E-state index contributed by atoms with van der Waals surface area (Å²) in [4.78, 5) is 23.0. The van der Waals surface area contributed by atoms with E-state index in [1.165, 1.54) is 6.26 Å². The molecule has 0 aromatic carbocycles. The number of hydrogen-bond donors (Lipinski definition) is 2. The van der Waals surface area contributed by atoms with Crippen LogP contribution in [0.3, 0.4) is 0 Å². The smallest absolute Gasteiger partial charge is 0.410 e. The number of fused-ring (bicyclic) bond motifs is 3. The second-order valence-corrected chi connectivity index (χ2v) is 6.25. The van der Waals surface area contributed by atoms with Gasteiger partial charge >= 0.3 is 12.1 Å². The van der Waals surface area contributed by atoms with Crippen molar-refractivity contribution in [3.63, 3.8) is 0 Å². The molecule has 2 N–H and O–H groups in total. The summed E-state index contributed by atoms with van der Waals surface area (Å²) in [6.07, 6.45) is 0.429. The highest BCUT2D eigenvalue weighted by atomic mass is 16.7. The predicted molar refractivity (Wildman–Crippen MR) is 70.2 cm³/mol. The van der Waals surface area contributed by atoms with Crippen LogP contribution in [0.15, 0.2) is 11.8 Å². The van der Waals surface area contributed by atoms with E-state index >= 15 is 0 Å². The molecular weight excluding hydrogens is 278 g/mol. The number of ether oxygens (including phenoxy) is 3. The maximum atomic E-state index is 11.8. The summed E-state index contributed by atoms with van der Waals surface area (Å²) in [5, 5.41) is 11.9. The van der Waals surface area contributed by atoms with Crippen LogP contribution in [0.4, 0.5) is 4.79 Å². The van der Waals surface area contributed by atoms with E-state index in [2.05, 4.69) is 5.32 Å². The predicted octanol–water partition coefficient (Wildman–Crippen LogP) is 1.24. The maximum absolute atomic E-state index is 11.8. The summed E-state index contributed by atoms with van der Waals surface area (Å²) in [5.41, 5.74) is -0.247. The highest BCUT2D eigenvalue weighted by molar-refractivity contribution is 5.87. The number of aliphatic carboxylic acids is 1. The molecule has 0 unspecified atom stereocenters. The molecule has 7 heteroatoms. The summed E-state index contributed by atoms with van der Waals surface area (Å²) in [6.45, 7) is 5.56. The van der Waals surface area contributed by atoms with Gasteiger partial charge in [-0.2, -0.15) is 0 Å². The Morgan fingerprint density at radius 2 is 2.24 bits per heavy atom. The molecule has 0 aromatic heterocycles. The van der Waals surface area contributed by atoms with Crippen LogP contribution < -0.4 is 5.32 Å². The van der Waals surface area contributed by atoms with Crippen molar-refractivity contribution >= 4 is 12.1 Å². The van der Waals surface area contributed by atoms with Gasteiger partial charge in [-0.25, -0.2) is 9.59 Å². The zero-order valence-electron chi connectivity index (χ0n) is 12.2. The Bertz CT molecular complexity index is 516. The normalized spacial score (nSPS) is 39.7. The lowest BCUT2D eigenvalue weighted by atomic mass is 9.82. The van der Waals surface area contributed by atoms with E-state index in [1.807, 2.05) is 20.8 Å². The number of carboxylic acids is 1. The summed E-state index contributed by atoms with van der Waals surface area (Å²) < 4.78 is 16.3. The second-order valence-electron chi connectivity index (χ2n) is 6.25. The Kier molecular flexibility index (Phi) is 3.12. The van der Waals surface area contributed by atoms with Crippen LogP contribution in [0.5, 0.6) is 0 Å². The first kappa shape index (κ1) is 14.2. The van der Waals surface area contributed by atoms with Crippen molar-refractivity contribution in [2.45, 2.75) is 51.2 Å². The van der Waals surface area contributed by atoms with Crippen molar-refractivity contribution in [2.24, 2.45) is 11.8 Å². The first-order valence-electron chi connectivity index (χ1n) is 7.06. The van der Waals surface area contributed by atoms with Gasteiger partial charge in [0.05, 0.1) is 23.9 Å². The molecule has 2 heterocycles. The third-order valence-electron chi connectivity index (χ3n) is 4.44. The molecule has 116 valence electrons. The number of carboxylic acid groups (broad SMARTS) is 1. The minimum Gasteiger partial charge on any atom is -0.478 e. The van der Waals surface area contributed by atoms with Crippen LogP contribution in [-0.2, 0) is 19.0 Å². The van der Waals surface area contributed by atoms with Gasteiger partial charge in [-0.1, -0.05) is 0 Å². The average molecular weight is 297 g/mol. The quantitative estimate of drug-likeness (QED) is 0.761. The molecule has 21 heavy (non-hydrogen) atoms. The molecule has 1 saturated carbocycles.